The van der Waals surface area contributed by atoms with E-state index in [2.05, 4.69) is 5.32 Å². The number of anilines is 1. The Balaban J connectivity index is 1.56. The maximum absolute atomic E-state index is 13.7. The highest BCUT2D eigenvalue weighted by Gasteiger charge is 2.35. The Morgan fingerprint density at radius 1 is 0.950 bits per heavy atom. The Bertz CT molecular complexity index is 1250. The Kier molecular flexibility index (Phi) is 9.81. The third-order valence-corrected chi connectivity index (χ3v) is 6.88. The van der Waals surface area contributed by atoms with Crippen LogP contribution in [0.15, 0.2) is 72.8 Å². The number of carbonyl (C=O) groups excluding carboxylic acids is 1. The quantitative estimate of drug-likeness (QED) is 0.227. The van der Waals surface area contributed by atoms with Gasteiger partial charge in [-0.25, -0.2) is 13.6 Å². The lowest BCUT2D eigenvalue weighted by atomic mass is 9.88. The number of carboxylic acids is 1. The van der Waals surface area contributed by atoms with Gasteiger partial charge in [-0.3, -0.25) is 0 Å². The van der Waals surface area contributed by atoms with Crippen LogP contribution in [0.1, 0.15) is 49.0 Å². The van der Waals surface area contributed by atoms with E-state index in [1.807, 2.05) is 0 Å². The van der Waals surface area contributed by atoms with Gasteiger partial charge in [-0.15, -0.1) is 0 Å². The van der Waals surface area contributed by atoms with Crippen molar-refractivity contribution in [2.75, 3.05) is 5.32 Å². The lowest BCUT2D eigenvalue weighted by molar-refractivity contribution is -0.239. The number of aromatic hydroxyl groups is 1. The molecule has 3 aromatic carbocycles. The predicted molar refractivity (Wildman–Crippen MR) is 141 cm³/mol. The predicted octanol–water partition coefficient (Wildman–Crippen LogP) is 5.13. The molecule has 5 unspecified atom stereocenters. The molecule has 0 spiro atoms. The van der Waals surface area contributed by atoms with E-state index >= 15 is 0 Å². The van der Waals surface area contributed by atoms with Crippen LogP contribution in [0.25, 0.3) is 0 Å². The van der Waals surface area contributed by atoms with Crippen molar-refractivity contribution in [3.05, 3.63) is 95.6 Å². The first-order valence-corrected chi connectivity index (χ1v) is 13.0. The number of halogens is 2. The summed E-state index contributed by atoms with van der Waals surface area (Å²) in [4.78, 5) is 23.9. The summed E-state index contributed by atoms with van der Waals surface area (Å²) in [7, 11) is 0. The number of ether oxygens (including phenoxy) is 2. The number of rotatable bonds is 12. The molecule has 6 atom stereocenters. The molecule has 40 heavy (non-hydrogen) atoms. The molecular formula is C30H31F2NO7. The molecular weight excluding hydrogens is 524 g/mol. The van der Waals surface area contributed by atoms with Gasteiger partial charge >= 0.3 is 5.97 Å². The summed E-state index contributed by atoms with van der Waals surface area (Å²) in [6, 6.07) is 17.2. The molecule has 0 bridgehead atoms. The van der Waals surface area contributed by atoms with Gasteiger partial charge in [0, 0.05) is 24.4 Å². The summed E-state index contributed by atoms with van der Waals surface area (Å²) < 4.78 is 38.8. The monoisotopic (exact) mass is 555 g/mol. The second-order valence-electron chi connectivity index (χ2n) is 9.79. The minimum atomic E-state index is -1.23. The van der Waals surface area contributed by atoms with Crippen LogP contribution in [0.5, 0.6) is 5.75 Å². The number of hydrogen-bond donors (Lipinski definition) is 4. The van der Waals surface area contributed by atoms with Crippen LogP contribution < -0.4 is 5.32 Å². The SMILES string of the molecule is O=CC(CCC(OC1CC(O)C[C@@H](C(=O)O)O1)c1ccc(F)cc1)C(Nc1ccc(F)cc1)c1ccc(O)cc1. The summed E-state index contributed by atoms with van der Waals surface area (Å²) in [6.45, 7) is 0. The molecule has 1 heterocycles. The normalized spacial score (nSPS) is 21.2. The summed E-state index contributed by atoms with van der Waals surface area (Å²) >= 11 is 0. The molecule has 0 saturated carbocycles. The number of nitrogens with one attached hydrogen (secondary N) is 1. The zero-order chi connectivity index (χ0) is 28.6. The molecule has 0 amide bonds. The molecule has 0 radical (unpaired) electrons. The van der Waals surface area contributed by atoms with E-state index in [0.29, 0.717) is 16.8 Å². The van der Waals surface area contributed by atoms with Crippen molar-refractivity contribution in [1.82, 2.24) is 0 Å². The van der Waals surface area contributed by atoms with E-state index in [0.717, 1.165) is 6.29 Å². The van der Waals surface area contributed by atoms with Gasteiger partial charge in [0.25, 0.3) is 0 Å². The Hall–Kier alpha value is -3.86. The number of aliphatic carboxylic acids is 1. The number of hydrogen-bond acceptors (Lipinski definition) is 7. The number of phenolic OH excluding ortho intramolecular Hbond substituents is 1. The molecule has 4 rings (SSSR count). The first-order valence-electron chi connectivity index (χ1n) is 13.0. The molecule has 0 aromatic heterocycles. The number of benzene rings is 3. The van der Waals surface area contributed by atoms with Gasteiger partial charge in [-0.1, -0.05) is 24.3 Å². The molecule has 10 heteroatoms. The highest BCUT2D eigenvalue weighted by molar-refractivity contribution is 5.72. The fraction of sp³-hybridized carbons (Fsp3) is 0.333. The molecule has 0 aliphatic carbocycles. The number of aliphatic hydroxyl groups excluding tert-OH is 1. The van der Waals surface area contributed by atoms with E-state index in [9.17, 15) is 33.7 Å². The number of carboxylic acid groups (broad SMARTS) is 1. The summed E-state index contributed by atoms with van der Waals surface area (Å²) in [6.07, 6.45) is -2.56. The van der Waals surface area contributed by atoms with E-state index in [1.54, 1.807) is 24.3 Å². The fourth-order valence-electron chi connectivity index (χ4n) is 4.78. The van der Waals surface area contributed by atoms with Gasteiger partial charge in [0.2, 0.25) is 0 Å². The Labute approximate surface area is 230 Å². The van der Waals surface area contributed by atoms with Crippen LogP contribution in [0.4, 0.5) is 14.5 Å². The van der Waals surface area contributed by atoms with Crippen LogP contribution in [0.2, 0.25) is 0 Å². The highest BCUT2D eigenvalue weighted by Crippen LogP contribution is 2.35. The van der Waals surface area contributed by atoms with Crippen molar-refractivity contribution in [3.8, 4) is 5.75 Å². The van der Waals surface area contributed by atoms with Crippen molar-refractivity contribution in [3.63, 3.8) is 0 Å². The van der Waals surface area contributed by atoms with Gasteiger partial charge in [0.05, 0.1) is 18.2 Å². The average Bonchev–Trinajstić information content (AvgIpc) is 2.93. The molecule has 1 aliphatic heterocycles. The van der Waals surface area contributed by atoms with Gasteiger partial charge < -0.3 is 34.9 Å². The van der Waals surface area contributed by atoms with Crippen molar-refractivity contribution in [2.24, 2.45) is 5.92 Å². The smallest absolute Gasteiger partial charge is 0.333 e. The number of phenols is 1. The van der Waals surface area contributed by atoms with Crippen molar-refractivity contribution >= 4 is 17.9 Å². The molecule has 1 saturated heterocycles. The first-order chi connectivity index (χ1) is 19.2. The Morgan fingerprint density at radius 3 is 2.15 bits per heavy atom. The minimum Gasteiger partial charge on any atom is -0.508 e. The second-order valence-corrected chi connectivity index (χ2v) is 9.79. The molecule has 8 nitrogen and oxygen atoms in total. The van der Waals surface area contributed by atoms with Crippen LogP contribution in [0.3, 0.4) is 0 Å². The number of aliphatic hydroxyl groups is 1. The standard InChI is InChI=1S/C30H31F2NO7/c31-21-6-1-18(2-7-21)26(39-28-16-25(36)15-27(40-28)30(37)38)14-5-20(17-34)29(19-3-12-24(35)13-4-19)33-23-10-8-22(32)9-11-23/h1-4,6-13,17,20,25-29,33,35-36H,5,14-16H2,(H,37,38)/t20?,25?,26?,27-,28?,29?/m0/s1. The van der Waals surface area contributed by atoms with Crippen LogP contribution in [0, 0.1) is 17.6 Å². The topological polar surface area (TPSA) is 125 Å². The largest absolute Gasteiger partial charge is 0.508 e. The lowest BCUT2D eigenvalue weighted by Crippen LogP contribution is -2.41. The minimum absolute atomic E-state index is 0.0564. The van der Waals surface area contributed by atoms with E-state index in [-0.39, 0.29) is 31.4 Å². The van der Waals surface area contributed by atoms with Crippen molar-refractivity contribution in [2.45, 2.75) is 56.3 Å². The number of aldehydes is 1. The molecule has 1 fully saturated rings. The van der Waals surface area contributed by atoms with Gasteiger partial charge in [-0.05, 0) is 72.5 Å². The van der Waals surface area contributed by atoms with Crippen LogP contribution in [-0.2, 0) is 19.1 Å². The third kappa shape index (κ3) is 7.84. The molecule has 212 valence electrons. The lowest BCUT2D eigenvalue weighted by Gasteiger charge is -2.34. The second kappa shape index (κ2) is 13.5. The van der Waals surface area contributed by atoms with Gasteiger partial charge in [-0.2, -0.15) is 0 Å². The van der Waals surface area contributed by atoms with Crippen LogP contribution in [-0.4, -0.2) is 46.1 Å². The summed E-state index contributed by atoms with van der Waals surface area (Å²) in [5.41, 5.74) is 1.89. The summed E-state index contributed by atoms with van der Waals surface area (Å²) in [5, 5.41) is 32.6. The van der Waals surface area contributed by atoms with Gasteiger partial charge in [0.1, 0.15) is 23.7 Å². The Morgan fingerprint density at radius 2 is 1.55 bits per heavy atom. The average molecular weight is 556 g/mol. The first kappa shape index (κ1) is 29.1. The fourth-order valence-corrected chi connectivity index (χ4v) is 4.78. The third-order valence-electron chi connectivity index (χ3n) is 6.88. The van der Waals surface area contributed by atoms with E-state index in [4.69, 9.17) is 9.47 Å². The molecule has 1 aliphatic rings. The highest BCUT2D eigenvalue weighted by atomic mass is 19.1. The molecule has 3 aromatic rings. The maximum Gasteiger partial charge on any atom is 0.333 e. The van der Waals surface area contributed by atoms with Crippen molar-refractivity contribution in [1.29, 1.82) is 0 Å². The zero-order valence-corrected chi connectivity index (χ0v) is 21.5. The van der Waals surface area contributed by atoms with E-state index < -0.39 is 54.2 Å². The van der Waals surface area contributed by atoms with Crippen molar-refractivity contribution < 1.29 is 43.2 Å². The number of carbonyl (C=O) groups is 2. The van der Waals surface area contributed by atoms with E-state index in [1.165, 1.54) is 48.5 Å². The zero-order valence-electron chi connectivity index (χ0n) is 21.5. The maximum atomic E-state index is 13.7. The summed E-state index contributed by atoms with van der Waals surface area (Å²) in [5.74, 6) is -2.62. The van der Waals surface area contributed by atoms with Crippen LogP contribution >= 0.6 is 0 Å². The molecule has 4 N–H and O–H groups in total. The van der Waals surface area contributed by atoms with Gasteiger partial charge in [0.15, 0.2) is 12.4 Å².